The molecule has 0 fully saturated rings. The summed E-state index contributed by atoms with van der Waals surface area (Å²) in [4.78, 5) is 7.99. The first kappa shape index (κ1) is 12.5. The molecule has 0 aromatic carbocycles. The molecule has 0 bridgehead atoms. The van der Waals surface area contributed by atoms with Crippen molar-refractivity contribution in [3.8, 4) is 11.4 Å². The molecule has 0 aliphatic heterocycles. The zero-order valence-corrected chi connectivity index (χ0v) is 11.3. The van der Waals surface area contributed by atoms with E-state index in [0.717, 1.165) is 17.0 Å². The third kappa shape index (κ3) is 2.57. The Kier molecular flexibility index (Phi) is 3.51. The van der Waals surface area contributed by atoms with Crippen molar-refractivity contribution in [1.29, 1.82) is 0 Å². The molecule has 20 heavy (non-hydrogen) atoms. The van der Waals surface area contributed by atoms with E-state index in [1.807, 2.05) is 24.3 Å². The van der Waals surface area contributed by atoms with Gasteiger partial charge in [0.15, 0.2) is 5.82 Å². The van der Waals surface area contributed by atoms with Crippen molar-refractivity contribution in [1.82, 2.24) is 24.8 Å². The minimum atomic E-state index is 0.519. The Labute approximate surface area is 120 Å². The highest BCUT2D eigenvalue weighted by molar-refractivity contribution is 7.71. The van der Waals surface area contributed by atoms with E-state index in [4.69, 9.17) is 12.2 Å². The number of aromatic amines is 1. The lowest BCUT2D eigenvalue weighted by Gasteiger charge is -2.09. The van der Waals surface area contributed by atoms with Crippen LogP contribution in [-0.2, 0) is 6.54 Å². The molecule has 2 N–H and O–H groups in total. The van der Waals surface area contributed by atoms with Crippen molar-refractivity contribution < 1.29 is 0 Å². The van der Waals surface area contributed by atoms with E-state index in [9.17, 15) is 0 Å². The predicted molar refractivity (Wildman–Crippen MR) is 77.9 cm³/mol. The summed E-state index contributed by atoms with van der Waals surface area (Å²) in [5, 5.41) is 7.03. The van der Waals surface area contributed by atoms with Crippen molar-refractivity contribution >= 4 is 12.2 Å². The van der Waals surface area contributed by atoms with Gasteiger partial charge < -0.3 is 5.43 Å². The third-order valence-corrected chi connectivity index (χ3v) is 3.08. The maximum Gasteiger partial charge on any atom is 0.214 e. The molecule has 3 aromatic rings. The van der Waals surface area contributed by atoms with Crippen molar-refractivity contribution in [2.24, 2.45) is 0 Å². The smallest absolute Gasteiger partial charge is 0.214 e. The number of H-pyrrole nitrogens is 1. The largest absolute Gasteiger partial charge is 0.317 e. The fourth-order valence-corrected chi connectivity index (χ4v) is 2.01. The van der Waals surface area contributed by atoms with E-state index in [0.29, 0.717) is 11.3 Å². The van der Waals surface area contributed by atoms with Crippen LogP contribution in [0.3, 0.4) is 0 Å². The molecule has 0 amide bonds. The van der Waals surface area contributed by atoms with Gasteiger partial charge in [0, 0.05) is 30.4 Å². The quantitative estimate of drug-likeness (QED) is 0.718. The standard InChI is InChI=1S/C13H12N6S/c20-13-18-17-12(11-3-7-15-8-4-11)19(13)16-9-10-1-5-14-6-2-10/h1-8,16H,9H2,(H,18,20). The third-order valence-electron chi connectivity index (χ3n) is 2.80. The predicted octanol–water partition coefficient (Wildman–Crippen LogP) is 2.14. The van der Waals surface area contributed by atoms with Crippen LogP contribution in [0.2, 0.25) is 0 Å². The second kappa shape index (κ2) is 5.62. The van der Waals surface area contributed by atoms with Gasteiger partial charge >= 0.3 is 0 Å². The van der Waals surface area contributed by atoms with Gasteiger partial charge in [-0.25, -0.2) is 9.77 Å². The minimum absolute atomic E-state index is 0.519. The van der Waals surface area contributed by atoms with Crippen molar-refractivity contribution in [2.75, 3.05) is 5.43 Å². The molecule has 0 unspecified atom stereocenters. The second-order valence-electron chi connectivity index (χ2n) is 4.11. The topological polar surface area (TPSA) is 71.4 Å². The number of hydrogen-bond donors (Lipinski definition) is 2. The van der Waals surface area contributed by atoms with Gasteiger partial charge in [-0.15, -0.1) is 0 Å². The Bertz CT molecular complexity index is 734. The molecule has 0 saturated carbocycles. The van der Waals surface area contributed by atoms with Gasteiger partial charge in [-0.1, -0.05) is 0 Å². The lowest BCUT2D eigenvalue weighted by Crippen LogP contribution is -2.15. The van der Waals surface area contributed by atoms with Crippen molar-refractivity contribution in [2.45, 2.75) is 6.54 Å². The molecule has 3 heterocycles. The Hall–Kier alpha value is -2.54. The van der Waals surface area contributed by atoms with Crippen molar-refractivity contribution in [3.63, 3.8) is 0 Å². The van der Waals surface area contributed by atoms with E-state index in [1.165, 1.54) is 0 Å². The SMILES string of the molecule is S=c1[nH]nc(-c2ccncc2)n1NCc1ccncc1. The zero-order valence-electron chi connectivity index (χ0n) is 10.5. The highest BCUT2D eigenvalue weighted by Crippen LogP contribution is 2.14. The Balaban J connectivity index is 1.87. The van der Waals surface area contributed by atoms with Gasteiger partial charge in [-0.3, -0.25) is 9.97 Å². The lowest BCUT2D eigenvalue weighted by molar-refractivity contribution is 0.830. The summed E-state index contributed by atoms with van der Waals surface area (Å²) in [5.41, 5.74) is 5.30. The van der Waals surface area contributed by atoms with Gasteiger partial charge in [0.2, 0.25) is 4.77 Å². The van der Waals surface area contributed by atoms with E-state index >= 15 is 0 Å². The van der Waals surface area contributed by atoms with Crippen LogP contribution in [0.4, 0.5) is 0 Å². The fourth-order valence-electron chi connectivity index (χ4n) is 1.81. The number of nitrogens with one attached hydrogen (secondary N) is 2. The molecular weight excluding hydrogens is 272 g/mol. The number of nitrogens with zero attached hydrogens (tertiary/aromatic N) is 4. The maximum atomic E-state index is 5.24. The summed E-state index contributed by atoms with van der Waals surface area (Å²) in [6.45, 7) is 0.633. The first-order valence-electron chi connectivity index (χ1n) is 6.05. The number of hydrogen-bond acceptors (Lipinski definition) is 5. The Morgan fingerprint density at radius 1 is 1.05 bits per heavy atom. The van der Waals surface area contributed by atoms with E-state index in [1.54, 1.807) is 29.5 Å². The molecule has 100 valence electrons. The van der Waals surface area contributed by atoms with Crippen LogP contribution in [0, 0.1) is 4.77 Å². The van der Waals surface area contributed by atoms with E-state index in [-0.39, 0.29) is 0 Å². The van der Waals surface area contributed by atoms with Crippen LogP contribution in [-0.4, -0.2) is 24.8 Å². The summed E-state index contributed by atoms with van der Waals surface area (Å²) < 4.78 is 2.27. The molecular formula is C13H12N6S. The molecule has 0 spiro atoms. The Morgan fingerprint density at radius 2 is 1.70 bits per heavy atom. The van der Waals surface area contributed by atoms with Crippen LogP contribution < -0.4 is 5.43 Å². The van der Waals surface area contributed by atoms with Gasteiger partial charge in [0.1, 0.15) is 0 Å². The molecule has 6 nitrogen and oxygen atoms in total. The van der Waals surface area contributed by atoms with Gasteiger partial charge in [0.25, 0.3) is 0 Å². The second-order valence-corrected chi connectivity index (χ2v) is 4.50. The average Bonchev–Trinajstić information content (AvgIpc) is 2.88. The maximum absolute atomic E-state index is 5.24. The monoisotopic (exact) mass is 284 g/mol. The molecule has 7 heteroatoms. The molecule has 0 aliphatic rings. The van der Waals surface area contributed by atoms with Crippen LogP contribution in [0.1, 0.15) is 5.56 Å². The van der Waals surface area contributed by atoms with Crippen molar-refractivity contribution in [3.05, 3.63) is 59.4 Å². The molecule has 3 aromatic heterocycles. The van der Waals surface area contributed by atoms with E-state index in [2.05, 4.69) is 25.6 Å². The number of rotatable bonds is 4. The summed E-state index contributed by atoms with van der Waals surface area (Å²) in [6, 6.07) is 7.66. The molecule has 0 radical (unpaired) electrons. The number of aromatic nitrogens is 5. The molecule has 0 atom stereocenters. The first-order chi connectivity index (χ1) is 9.84. The highest BCUT2D eigenvalue weighted by atomic mass is 32.1. The summed E-state index contributed by atoms with van der Waals surface area (Å²) >= 11 is 5.24. The van der Waals surface area contributed by atoms with Crippen LogP contribution in [0.15, 0.2) is 49.1 Å². The van der Waals surface area contributed by atoms with Crippen LogP contribution >= 0.6 is 12.2 Å². The zero-order chi connectivity index (χ0) is 13.8. The highest BCUT2D eigenvalue weighted by Gasteiger charge is 2.08. The van der Waals surface area contributed by atoms with Gasteiger partial charge in [0.05, 0.1) is 6.54 Å². The van der Waals surface area contributed by atoms with Crippen LogP contribution in [0.25, 0.3) is 11.4 Å². The molecule has 3 rings (SSSR count). The van der Waals surface area contributed by atoms with Gasteiger partial charge in [-0.2, -0.15) is 5.10 Å². The van der Waals surface area contributed by atoms with Gasteiger partial charge in [-0.05, 0) is 42.0 Å². The summed E-state index contributed by atoms with van der Waals surface area (Å²) in [7, 11) is 0. The van der Waals surface area contributed by atoms with E-state index < -0.39 is 0 Å². The summed E-state index contributed by atoms with van der Waals surface area (Å²) in [6.07, 6.45) is 6.96. The molecule has 0 aliphatic carbocycles. The normalized spacial score (nSPS) is 10.4. The summed E-state index contributed by atoms with van der Waals surface area (Å²) in [5.74, 6) is 0.728. The minimum Gasteiger partial charge on any atom is -0.317 e. The first-order valence-corrected chi connectivity index (χ1v) is 6.46. The average molecular weight is 284 g/mol. The fraction of sp³-hybridized carbons (Fsp3) is 0.0769. The Morgan fingerprint density at radius 3 is 2.40 bits per heavy atom. The number of pyridine rings is 2. The molecule has 0 saturated heterocycles. The van der Waals surface area contributed by atoms with Crippen LogP contribution in [0.5, 0.6) is 0 Å². The lowest BCUT2D eigenvalue weighted by atomic mass is 10.2.